The molecule has 1 aliphatic rings. The third kappa shape index (κ3) is 3.35. The SMILES string of the molecule is Nc1nccnc1CC1CCCN(C(=O)c2ccc3ncccc3c2)C1. The summed E-state index contributed by atoms with van der Waals surface area (Å²) in [6, 6.07) is 9.56. The van der Waals surface area contributed by atoms with Crippen molar-refractivity contribution in [2.24, 2.45) is 5.92 Å². The number of pyridine rings is 1. The number of carbonyl (C=O) groups excluding carboxylic acids is 1. The van der Waals surface area contributed by atoms with Gasteiger partial charge in [0.15, 0.2) is 0 Å². The molecular formula is C20H21N5O. The van der Waals surface area contributed by atoms with Crippen LogP contribution in [0, 0.1) is 5.92 Å². The van der Waals surface area contributed by atoms with Gasteiger partial charge in [-0.05, 0) is 49.4 Å². The number of rotatable bonds is 3. The number of carbonyl (C=O) groups is 1. The van der Waals surface area contributed by atoms with Crippen molar-refractivity contribution in [3.8, 4) is 0 Å². The number of piperidine rings is 1. The molecule has 1 saturated heterocycles. The van der Waals surface area contributed by atoms with Crippen molar-refractivity contribution in [1.29, 1.82) is 0 Å². The highest BCUT2D eigenvalue weighted by atomic mass is 16.2. The van der Waals surface area contributed by atoms with Gasteiger partial charge >= 0.3 is 0 Å². The van der Waals surface area contributed by atoms with Crippen molar-refractivity contribution in [1.82, 2.24) is 19.9 Å². The Bertz CT molecular complexity index is 942. The minimum atomic E-state index is 0.0765. The van der Waals surface area contributed by atoms with Crippen molar-refractivity contribution in [2.45, 2.75) is 19.3 Å². The molecule has 0 spiro atoms. The Balaban J connectivity index is 1.49. The van der Waals surface area contributed by atoms with Crippen LogP contribution in [0.5, 0.6) is 0 Å². The van der Waals surface area contributed by atoms with Crippen LogP contribution < -0.4 is 5.73 Å². The summed E-state index contributed by atoms with van der Waals surface area (Å²) >= 11 is 0. The summed E-state index contributed by atoms with van der Waals surface area (Å²) in [6.45, 7) is 1.51. The largest absolute Gasteiger partial charge is 0.382 e. The summed E-state index contributed by atoms with van der Waals surface area (Å²) in [5.74, 6) is 0.916. The van der Waals surface area contributed by atoms with E-state index in [1.165, 1.54) is 0 Å². The van der Waals surface area contributed by atoms with Crippen LogP contribution in [0.15, 0.2) is 48.9 Å². The summed E-state index contributed by atoms with van der Waals surface area (Å²) in [5.41, 5.74) is 8.35. The minimum absolute atomic E-state index is 0.0765. The molecule has 6 nitrogen and oxygen atoms in total. The maximum atomic E-state index is 13.0. The van der Waals surface area contributed by atoms with Gasteiger partial charge in [-0.15, -0.1) is 0 Å². The third-order valence-corrected chi connectivity index (χ3v) is 4.94. The Hall–Kier alpha value is -3.02. The van der Waals surface area contributed by atoms with E-state index in [0.29, 0.717) is 17.3 Å². The fourth-order valence-electron chi connectivity index (χ4n) is 3.62. The number of benzene rings is 1. The van der Waals surface area contributed by atoms with E-state index in [4.69, 9.17) is 5.73 Å². The van der Waals surface area contributed by atoms with Crippen LogP contribution in [0.1, 0.15) is 28.9 Å². The molecule has 1 aliphatic heterocycles. The van der Waals surface area contributed by atoms with Crippen LogP contribution in [0.25, 0.3) is 10.9 Å². The molecule has 3 heterocycles. The molecule has 1 fully saturated rings. The van der Waals surface area contributed by atoms with Gasteiger partial charge in [0.25, 0.3) is 5.91 Å². The predicted octanol–water partition coefficient (Wildman–Crippen LogP) is 2.70. The maximum Gasteiger partial charge on any atom is 0.253 e. The first-order valence-corrected chi connectivity index (χ1v) is 8.90. The van der Waals surface area contributed by atoms with Crippen molar-refractivity contribution in [3.05, 3.63) is 60.2 Å². The molecule has 1 amide bonds. The van der Waals surface area contributed by atoms with E-state index >= 15 is 0 Å². The fraction of sp³-hybridized carbons (Fsp3) is 0.300. The number of amides is 1. The van der Waals surface area contributed by atoms with Crippen molar-refractivity contribution < 1.29 is 4.79 Å². The maximum absolute atomic E-state index is 13.0. The quantitative estimate of drug-likeness (QED) is 0.787. The van der Waals surface area contributed by atoms with Crippen molar-refractivity contribution in [3.63, 3.8) is 0 Å². The Kier molecular flexibility index (Phi) is 4.48. The highest BCUT2D eigenvalue weighted by molar-refractivity contribution is 5.98. The topological polar surface area (TPSA) is 85.0 Å². The van der Waals surface area contributed by atoms with Gasteiger partial charge in [0.2, 0.25) is 0 Å². The minimum Gasteiger partial charge on any atom is -0.382 e. The van der Waals surface area contributed by atoms with Crippen LogP contribution in [0.4, 0.5) is 5.82 Å². The van der Waals surface area contributed by atoms with Gasteiger partial charge in [-0.1, -0.05) is 6.07 Å². The zero-order valence-electron chi connectivity index (χ0n) is 14.5. The van der Waals surface area contributed by atoms with Gasteiger partial charge < -0.3 is 10.6 Å². The molecule has 132 valence electrons. The lowest BCUT2D eigenvalue weighted by molar-refractivity contribution is 0.0673. The molecule has 26 heavy (non-hydrogen) atoms. The molecule has 1 atom stereocenters. The lowest BCUT2D eigenvalue weighted by Gasteiger charge is -2.33. The second-order valence-electron chi connectivity index (χ2n) is 6.76. The number of aromatic nitrogens is 3. The predicted molar refractivity (Wildman–Crippen MR) is 101 cm³/mol. The number of hydrogen-bond donors (Lipinski definition) is 1. The molecule has 0 aliphatic carbocycles. The number of fused-ring (bicyclic) bond motifs is 1. The van der Waals surface area contributed by atoms with E-state index in [2.05, 4.69) is 15.0 Å². The Labute approximate surface area is 152 Å². The molecule has 0 bridgehead atoms. The van der Waals surface area contributed by atoms with Gasteiger partial charge in [-0.25, -0.2) is 4.98 Å². The molecule has 0 saturated carbocycles. The average molecular weight is 347 g/mol. The molecule has 1 aromatic carbocycles. The summed E-state index contributed by atoms with van der Waals surface area (Å²) in [6.07, 6.45) is 7.85. The Morgan fingerprint density at radius 1 is 1.15 bits per heavy atom. The van der Waals surface area contributed by atoms with Crippen LogP contribution >= 0.6 is 0 Å². The third-order valence-electron chi connectivity index (χ3n) is 4.94. The second kappa shape index (κ2) is 7.07. The van der Waals surface area contributed by atoms with Gasteiger partial charge in [-0.3, -0.25) is 14.8 Å². The molecule has 1 unspecified atom stereocenters. The average Bonchev–Trinajstić information content (AvgIpc) is 2.69. The Morgan fingerprint density at radius 2 is 2.04 bits per heavy atom. The first kappa shape index (κ1) is 16.4. The normalized spacial score (nSPS) is 17.4. The molecule has 0 radical (unpaired) electrons. The van der Waals surface area contributed by atoms with Crippen molar-refractivity contribution in [2.75, 3.05) is 18.8 Å². The Morgan fingerprint density at radius 3 is 2.92 bits per heavy atom. The van der Waals surface area contributed by atoms with E-state index < -0.39 is 0 Å². The molecule has 2 N–H and O–H groups in total. The smallest absolute Gasteiger partial charge is 0.253 e. The zero-order chi connectivity index (χ0) is 17.9. The second-order valence-corrected chi connectivity index (χ2v) is 6.76. The summed E-state index contributed by atoms with van der Waals surface area (Å²) in [5, 5.41) is 0.985. The highest BCUT2D eigenvalue weighted by Gasteiger charge is 2.25. The fourth-order valence-corrected chi connectivity index (χ4v) is 3.62. The van der Waals surface area contributed by atoms with E-state index in [-0.39, 0.29) is 5.91 Å². The van der Waals surface area contributed by atoms with Gasteiger partial charge in [0.1, 0.15) is 5.82 Å². The standard InChI is InChI=1S/C20H21N5O/c21-19-18(23-8-9-24-19)11-14-3-2-10-25(13-14)20(26)16-5-6-17-15(12-16)4-1-7-22-17/h1,4-9,12,14H,2-3,10-11,13H2,(H2,21,24). The number of nitrogens with two attached hydrogens (primary N) is 1. The number of anilines is 1. The van der Waals surface area contributed by atoms with E-state index in [9.17, 15) is 4.79 Å². The molecule has 4 rings (SSSR count). The molecular weight excluding hydrogens is 326 g/mol. The van der Waals surface area contributed by atoms with Gasteiger partial charge in [0.05, 0.1) is 11.2 Å². The van der Waals surface area contributed by atoms with E-state index in [1.54, 1.807) is 18.6 Å². The van der Waals surface area contributed by atoms with Gasteiger partial charge in [0, 0.05) is 42.6 Å². The van der Waals surface area contributed by atoms with Crippen LogP contribution in [0.2, 0.25) is 0 Å². The van der Waals surface area contributed by atoms with Crippen LogP contribution in [-0.2, 0) is 6.42 Å². The summed E-state index contributed by atoms with van der Waals surface area (Å²) < 4.78 is 0. The van der Waals surface area contributed by atoms with Crippen molar-refractivity contribution >= 4 is 22.6 Å². The van der Waals surface area contributed by atoms with E-state index in [0.717, 1.165) is 48.9 Å². The van der Waals surface area contributed by atoms with Gasteiger partial charge in [-0.2, -0.15) is 0 Å². The molecule has 6 heteroatoms. The number of hydrogen-bond acceptors (Lipinski definition) is 5. The van der Waals surface area contributed by atoms with Crippen LogP contribution in [-0.4, -0.2) is 38.8 Å². The zero-order valence-corrected chi connectivity index (χ0v) is 14.5. The molecule has 2 aromatic heterocycles. The highest BCUT2D eigenvalue weighted by Crippen LogP contribution is 2.24. The summed E-state index contributed by atoms with van der Waals surface area (Å²) in [4.78, 5) is 27.7. The summed E-state index contributed by atoms with van der Waals surface area (Å²) in [7, 11) is 0. The number of likely N-dealkylation sites (tertiary alicyclic amines) is 1. The molecule has 3 aromatic rings. The first-order chi connectivity index (χ1) is 12.7. The number of nitrogen functional groups attached to an aromatic ring is 1. The van der Waals surface area contributed by atoms with E-state index in [1.807, 2.05) is 35.2 Å². The lowest BCUT2D eigenvalue weighted by Crippen LogP contribution is -2.40. The monoisotopic (exact) mass is 347 g/mol. The first-order valence-electron chi connectivity index (χ1n) is 8.90. The van der Waals surface area contributed by atoms with Crippen LogP contribution in [0.3, 0.4) is 0 Å². The number of nitrogens with zero attached hydrogens (tertiary/aromatic N) is 4. The lowest BCUT2D eigenvalue weighted by atomic mass is 9.92.